The van der Waals surface area contributed by atoms with Gasteiger partial charge in [0.05, 0.1) is 13.2 Å². The zero-order valence-corrected chi connectivity index (χ0v) is 13.4. The summed E-state index contributed by atoms with van der Waals surface area (Å²) in [4.78, 5) is 0. The predicted molar refractivity (Wildman–Crippen MR) is 83.7 cm³/mol. The Kier molecular flexibility index (Phi) is 5.17. The number of rotatable bonds is 5. The normalized spacial score (nSPS) is 12.0. The van der Waals surface area contributed by atoms with Crippen molar-refractivity contribution < 1.29 is 13.5 Å². The molecule has 2 aromatic carbocycles. The van der Waals surface area contributed by atoms with Gasteiger partial charge in [-0.2, -0.15) is 0 Å². The third-order valence-corrected chi connectivity index (χ3v) is 3.71. The highest BCUT2D eigenvalue weighted by Gasteiger charge is 2.18. The van der Waals surface area contributed by atoms with Crippen LogP contribution >= 0.6 is 15.9 Å². The molecular formula is C16H16BrF2NO. The van der Waals surface area contributed by atoms with Crippen LogP contribution in [0.4, 0.5) is 14.5 Å². The van der Waals surface area contributed by atoms with Gasteiger partial charge in [-0.25, -0.2) is 8.78 Å². The molecule has 0 aliphatic rings. The Labute approximate surface area is 131 Å². The van der Waals surface area contributed by atoms with Gasteiger partial charge in [-0.15, -0.1) is 0 Å². The van der Waals surface area contributed by atoms with Gasteiger partial charge in [0.15, 0.2) is 0 Å². The molecular weight excluding hydrogens is 340 g/mol. The Morgan fingerprint density at radius 3 is 2.38 bits per heavy atom. The fourth-order valence-electron chi connectivity index (χ4n) is 2.21. The number of hydrogen-bond donors (Lipinski definition) is 1. The van der Waals surface area contributed by atoms with Crippen LogP contribution in [0.3, 0.4) is 0 Å². The molecule has 0 amide bonds. The molecule has 0 saturated carbocycles. The molecule has 0 heterocycles. The molecule has 0 saturated heterocycles. The summed E-state index contributed by atoms with van der Waals surface area (Å²) in [6.07, 6.45) is 0.662. The molecule has 1 unspecified atom stereocenters. The number of methoxy groups -OCH3 is 1. The van der Waals surface area contributed by atoms with Crippen molar-refractivity contribution in [1.29, 1.82) is 0 Å². The van der Waals surface area contributed by atoms with Crippen molar-refractivity contribution in [2.24, 2.45) is 0 Å². The fourth-order valence-corrected chi connectivity index (χ4v) is 2.61. The van der Waals surface area contributed by atoms with Gasteiger partial charge in [0.25, 0.3) is 0 Å². The minimum atomic E-state index is -0.629. The molecule has 0 aromatic heterocycles. The van der Waals surface area contributed by atoms with Crippen LogP contribution in [0.1, 0.15) is 24.9 Å². The van der Waals surface area contributed by atoms with E-state index in [1.165, 1.54) is 12.1 Å². The second kappa shape index (κ2) is 6.89. The molecule has 5 heteroatoms. The summed E-state index contributed by atoms with van der Waals surface area (Å²) in [7, 11) is 1.58. The van der Waals surface area contributed by atoms with Crippen molar-refractivity contribution in [2.45, 2.75) is 19.4 Å². The second-order valence-corrected chi connectivity index (χ2v) is 5.51. The lowest BCUT2D eigenvalue weighted by atomic mass is 10.0. The molecule has 21 heavy (non-hydrogen) atoms. The molecule has 112 valence electrons. The van der Waals surface area contributed by atoms with E-state index in [1.807, 2.05) is 31.2 Å². The summed E-state index contributed by atoms with van der Waals surface area (Å²) in [5.41, 5.74) is 0.736. The van der Waals surface area contributed by atoms with Crippen LogP contribution in [0, 0.1) is 11.6 Å². The molecule has 1 N–H and O–H groups in total. The predicted octanol–water partition coefficient (Wildman–Crippen LogP) is 5.30. The molecule has 2 rings (SSSR count). The first-order valence-electron chi connectivity index (χ1n) is 6.60. The van der Waals surface area contributed by atoms with E-state index in [9.17, 15) is 8.78 Å². The van der Waals surface area contributed by atoms with E-state index in [0.29, 0.717) is 16.6 Å². The first kappa shape index (κ1) is 15.8. The van der Waals surface area contributed by atoms with Crippen LogP contribution in [-0.4, -0.2) is 7.11 Å². The van der Waals surface area contributed by atoms with Crippen molar-refractivity contribution in [3.05, 3.63) is 58.1 Å². The highest BCUT2D eigenvalue weighted by atomic mass is 79.9. The maximum Gasteiger partial charge on any atom is 0.150 e. The van der Waals surface area contributed by atoms with Gasteiger partial charge >= 0.3 is 0 Å². The van der Waals surface area contributed by atoms with E-state index in [-0.39, 0.29) is 11.7 Å². The van der Waals surface area contributed by atoms with Crippen molar-refractivity contribution >= 4 is 21.6 Å². The monoisotopic (exact) mass is 355 g/mol. The van der Waals surface area contributed by atoms with Crippen molar-refractivity contribution in [2.75, 3.05) is 12.4 Å². The summed E-state index contributed by atoms with van der Waals surface area (Å²) < 4.78 is 33.6. The minimum absolute atomic E-state index is 0.129. The van der Waals surface area contributed by atoms with Crippen LogP contribution in [0.5, 0.6) is 5.75 Å². The van der Waals surface area contributed by atoms with Gasteiger partial charge in [-0.1, -0.05) is 41.1 Å². The van der Waals surface area contributed by atoms with Gasteiger partial charge < -0.3 is 10.1 Å². The highest BCUT2D eigenvalue weighted by Crippen LogP contribution is 2.32. The minimum Gasteiger partial charge on any atom is -0.496 e. The number of anilines is 1. The Morgan fingerprint density at radius 1 is 1.19 bits per heavy atom. The second-order valence-electron chi connectivity index (χ2n) is 4.59. The van der Waals surface area contributed by atoms with Crippen LogP contribution in [0.25, 0.3) is 0 Å². The van der Waals surface area contributed by atoms with E-state index in [0.717, 1.165) is 5.56 Å². The lowest BCUT2D eigenvalue weighted by Gasteiger charge is -2.21. The number of nitrogens with one attached hydrogen (secondary N) is 1. The first-order valence-corrected chi connectivity index (χ1v) is 7.40. The molecule has 1 atom stereocenters. The number of halogens is 3. The van der Waals surface area contributed by atoms with Crippen LogP contribution in [0.15, 0.2) is 40.9 Å². The third-order valence-electron chi connectivity index (χ3n) is 3.25. The van der Waals surface area contributed by atoms with Gasteiger partial charge in [-0.3, -0.25) is 0 Å². The molecule has 2 aromatic rings. The molecule has 0 bridgehead atoms. The van der Waals surface area contributed by atoms with Gasteiger partial charge in [0.2, 0.25) is 0 Å². The van der Waals surface area contributed by atoms with E-state index >= 15 is 0 Å². The summed E-state index contributed by atoms with van der Waals surface area (Å²) >= 11 is 3.07. The van der Waals surface area contributed by atoms with E-state index < -0.39 is 11.6 Å². The Balaban J connectivity index is 2.36. The number of para-hydroxylation sites is 1. The highest BCUT2D eigenvalue weighted by molar-refractivity contribution is 9.10. The number of ether oxygens (including phenoxy) is 1. The molecule has 0 fully saturated rings. The molecule has 0 aliphatic heterocycles. The van der Waals surface area contributed by atoms with Gasteiger partial charge in [-0.05, 0) is 24.6 Å². The lowest BCUT2D eigenvalue weighted by Crippen LogP contribution is -2.13. The standard InChI is InChI=1S/C16H16BrF2NO/c1-3-14(11-6-4-5-7-15(11)21-2)20-16-12(18)8-10(17)9-13(16)19/h4-9,14,20H,3H2,1-2H3. The summed E-state index contributed by atoms with van der Waals surface area (Å²) in [6.45, 7) is 1.94. The average molecular weight is 356 g/mol. The molecule has 0 aliphatic carbocycles. The SMILES string of the molecule is CCC(Nc1c(F)cc(Br)cc1F)c1ccccc1OC. The topological polar surface area (TPSA) is 21.3 Å². The lowest BCUT2D eigenvalue weighted by molar-refractivity contribution is 0.406. The summed E-state index contributed by atoms with van der Waals surface area (Å²) in [6, 6.07) is 9.67. The average Bonchev–Trinajstić information content (AvgIpc) is 2.46. The molecule has 0 radical (unpaired) electrons. The van der Waals surface area contributed by atoms with Crippen molar-refractivity contribution in [1.82, 2.24) is 0 Å². The Morgan fingerprint density at radius 2 is 1.81 bits per heavy atom. The smallest absolute Gasteiger partial charge is 0.150 e. The maximum absolute atomic E-state index is 13.9. The van der Waals surface area contributed by atoms with Crippen molar-refractivity contribution in [3.8, 4) is 5.75 Å². The number of hydrogen-bond acceptors (Lipinski definition) is 2. The van der Waals surface area contributed by atoms with Gasteiger partial charge in [0.1, 0.15) is 23.1 Å². The first-order chi connectivity index (χ1) is 10.1. The van der Waals surface area contributed by atoms with Crippen LogP contribution in [0.2, 0.25) is 0 Å². The Hall–Kier alpha value is -1.62. The number of benzene rings is 2. The third kappa shape index (κ3) is 3.53. The maximum atomic E-state index is 13.9. The van der Waals surface area contributed by atoms with E-state index in [2.05, 4.69) is 21.2 Å². The van der Waals surface area contributed by atoms with Crippen LogP contribution < -0.4 is 10.1 Å². The largest absolute Gasteiger partial charge is 0.496 e. The molecule has 0 spiro atoms. The summed E-state index contributed by atoms with van der Waals surface area (Å²) in [5.74, 6) is -0.569. The quantitative estimate of drug-likeness (QED) is 0.785. The van der Waals surface area contributed by atoms with Gasteiger partial charge in [0, 0.05) is 10.0 Å². The van der Waals surface area contributed by atoms with Crippen molar-refractivity contribution in [3.63, 3.8) is 0 Å². The molecule has 2 nitrogen and oxygen atoms in total. The van der Waals surface area contributed by atoms with Crippen LogP contribution in [-0.2, 0) is 0 Å². The van der Waals surface area contributed by atoms with E-state index in [1.54, 1.807) is 7.11 Å². The fraction of sp³-hybridized carbons (Fsp3) is 0.250. The summed E-state index contributed by atoms with van der Waals surface area (Å²) in [5, 5.41) is 2.93. The zero-order valence-electron chi connectivity index (χ0n) is 11.8. The Bertz CT molecular complexity index is 610. The zero-order chi connectivity index (χ0) is 15.4. The van der Waals surface area contributed by atoms with E-state index in [4.69, 9.17) is 4.74 Å².